The lowest BCUT2D eigenvalue weighted by Gasteiger charge is -2.05. The Balaban J connectivity index is 2.32. The molecule has 2 rings (SSSR count). The predicted octanol–water partition coefficient (Wildman–Crippen LogP) is 3.50. The van der Waals surface area contributed by atoms with Gasteiger partial charge in [-0.1, -0.05) is 0 Å². The summed E-state index contributed by atoms with van der Waals surface area (Å²) in [5.41, 5.74) is 3.46. The molecule has 0 amide bonds. The molecule has 0 saturated heterocycles. The van der Waals surface area contributed by atoms with E-state index < -0.39 is 0 Å². The lowest BCUT2D eigenvalue weighted by molar-refractivity contribution is 0.627. The van der Waals surface area contributed by atoms with Crippen LogP contribution in [0.3, 0.4) is 0 Å². The maximum absolute atomic E-state index is 13.2. The van der Waals surface area contributed by atoms with Crippen molar-refractivity contribution in [2.75, 3.05) is 6.54 Å². The molecule has 4 nitrogen and oxygen atoms in total. The molecule has 7 heteroatoms. The van der Waals surface area contributed by atoms with E-state index in [0.717, 1.165) is 20.4 Å². The second kappa shape index (κ2) is 7.60. The van der Waals surface area contributed by atoms with Crippen LogP contribution >= 0.6 is 34.1 Å². The second-order valence-corrected chi connectivity index (χ2v) is 6.03. The van der Waals surface area contributed by atoms with Crippen LogP contribution in [0.2, 0.25) is 0 Å². The first-order valence-electron chi connectivity index (χ1n) is 6.31. The molecule has 0 saturated carbocycles. The Morgan fingerprint density at radius 1 is 1.52 bits per heavy atom. The highest BCUT2D eigenvalue weighted by molar-refractivity contribution is 14.1. The normalized spacial score (nSPS) is 12.2. The average molecular weight is 416 g/mol. The molecule has 110 valence electrons. The summed E-state index contributed by atoms with van der Waals surface area (Å²) in [6.07, 6.45) is 2.23. The highest BCUT2D eigenvalue weighted by atomic mass is 127. The Bertz CT molecular complexity index is 681. The molecule has 0 radical (unpaired) electrons. The summed E-state index contributed by atoms with van der Waals surface area (Å²) in [7, 11) is 0. The summed E-state index contributed by atoms with van der Waals surface area (Å²) in [6.45, 7) is 2.63. The van der Waals surface area contributed by atoms with Gasteiger partial charge in [0.15, 0.2) is 0 Å². The van der Waals surface area contributed by atoms with Crippen molar-refractivity contribution >= 4 is 46.0 Å². The summed E-state index contributed by atoms with van der Waals surface area (Å²) in [4.78, 5) is 4.15. The third-order valence-electron chi connectivity index (χ3n) is 2.79. The number of rotatable bonds is 5. The van der Waals surface area contributed by atoms with Crippen LogP contribution in [0.15, 0.2) is 33.7 Å². The fraction of sp³-hybridized carbons (Fsp3) is 0.214. The third kappa shape index (κ3) is 4.07. The van der Waals surface area contributed by atoms with Crippen LogP contribution in [-0.4, -0.2) is 22.8 Å². The first kappa shape index (κ1) is 16.0. The Labute approximate surface area is 140 Å². The maximum atomic E-state index is 13.2. The van der Waals surface area contributed by atoms with Crippen molar-refractivity contribution in [3.8, 4) is 11.3 Å². The van der Waals surface area contributed by atoms with Gasteiger partial charge in [-0.15, -0.1) is 0 Å². The van der Waals surface area contributed by atoms with Crippen LogP contribution in [0.25, 0.3) is 11.3 Å². The van der Waals surface area contributed by atoms with Crippen LogP contribution in [0.5, 0.6) is 0 Å². The van der Waals surface area contributed by atoms with Gasteiger partial charge < -0.3 is 5.84 Å². The maximum Gasteiger partial charge on any atom is 0.124 e. The van der Waals surface area contributed by atoms with E-state index in [-0.39, 0.29) is 5.82 Å². The highest BCUT2D eigenvalue weighted by Gasteiger charge is 2.13. The van der Waals surface area contributed by atoms with E-state index in [4.69, 9.17) is 5.84 Å². The minimum atomic E-state index is -0.251. The van der Waals surface area contributed by atoms with Gasteiger partial charge in [0.25, 0.3) is 0 Å². The van der Waals surface area contributed by atoms with Gasteiger partial charge in [0.05, 0.1) is 11.4 Å². The van der Waals surface area contributed by atoms with Crippen LogP contribution in [-0.2, 0) is 6.42 Å². The fourth-order valence-corrected chi connectivity index (χ4v) is 3.23. The Hall–Kier alpha value is -1.35. The molecule has 1 heterocycles. The summed E-state index contributed by atoms with van der Waals surface area (Å²) >= 11 is 3.48. The molecule has 1 aromatic carbocycles. The summed E-state index contributed by atoms with van der Waals surface area (Å²) in [5.74, 6) is 5.15. The zero-order valence-electron chi connectivity index (χ0n) is 11.4. The molecule has 2 aromatic rings. The Kier molecular flexibility index (Phi) is 5.80. The van der Waals surface area contributed by atoms with E-state index in [2.05, 4.69) is 37.1 Å². The Morgan fingerprint density at radius 3 is 3.00 bits per heavy atom. The summed E-state index contributed by atoms with van der Waals surface area (Å²) < 4.78 is 18.5. The van der Waals surface area contributed by atoms with Gasteiger partial charge in [-0.25, -0.2) is 4.39 Å². The number of aliphatic imine (C=N–C) groups is 1. The van der Waals surface area contributed by atoms with Crippen molar-refractivity contribution < 1.29 is 4.39 Å². The number of hydrazone groups is 1. The van der Waals surface area contributed by atoms with Crippen molar-refractivity contribution in [2.24, 2.45) is 15.9 Å². The molecule has 1 aromatic heterocycles. The molecule has 0 spiro atoms. The number of hydrogen-bond donors (Lipinski definition) is 1. The molecular formula is C14H14FIN4S. The van der Waals surface area contributed by atoms with Crippen LogP contribution in [0, 0.1) is 9.39 Å². The molecule has 21 heavy (non-hydrogen) atoms. The lowest BCUT2D eigenvalue weighted by Crippen LogP contribution is -2.08. The van der Waals surface area contributed by atoms with Crippen molar-refractivity contribution in [1.82, 2.24) is 4.37 Å². The van der Waals surface area contributed by atoms with E-state index in [1.165, 1.54) is 23.7 Å². The van der Waals surface area contributed by atoms with Gasteiger partial charge in [0.1, 0.15) is 5.82 Å². The van der Waals surface area contributed by atoms with Crippen molar-refractivity contribution in [3.63, 3.8) is 0 Å². The molecule has 0 unspecified atom stereocenters. The summed E-state index contributed by atoms with van der Waals surface area (Å²) in [6, 6.07) is 4.68. The first-order valence-corrected chi connectivity index (χ1v) is 8.22. The SMILES string of the molecule is CCN=CC(Cc1csnc1-c1ccc(F)cc1I)=NN. The molecule has 0 aliphatic carbocycles. The monoisotopic (exact) mass is 416 g/mol. The van der Waals surface area contributed by atoms with E-state index in [1.54, 1.807) is 12.3 Å². The van der Waals surface area contributed by atoms with E-state index in [1.807, 2.05) is 12.3 Å². The highest BCUT2D eigenvalue weighted by Crippen LogP contribution is 2.29. The zero-order valence-corrected chi connectivity index (χ0v) is 14.4. The van der Waals surface area contributed by atoms with Gasteiger partial charge in [-0.05, 0) is 64.8 Å². The van der Waals surface area contributed by atoms with Crippen molar-refractivity contribution in [2.45, 2.75) is 13.3 Å². The molecule has 0 bridgehead atoms. The molecular weight excluding hydrogens is 402 g/mol. The summed E-state index contributed by atoms with van der Waals surface area (Å²) in [5, 5.41) is 5.71. The lowest BCUT2D eigenvalue weighted by atomic mass is 10.0. The minimum absolute atomic E-state index is 0.251. The number of hydrogen-bond acceptors (Lipinski definition) is 5. The van der Waals surface area contributed by atoms with E-state index in [0.29, 0.717) is 18.7 Å². The largest absolute Gasteiger partial charge is 0.323 e. The molecule has 2 N–H and O–H groups in total. The van der Waals surface area contributed by atoms with Crippen molar-refractivity contribution in [1.29, 1.82) is 0 Å². The topological polar surface area (TPSA) is 63.6 Å². The number of nitrogens with zero attached hydrogens (tertiary/aromatic N) is 3. The second-order valence-electron chi connectivity index (χ2n) is 4.24. The van der Waals surface area contributed by atoms with Gasteiger partial charge in [0.2, 0.25) is 0 Å². The quantitative estimate of drug-likeness (QED) is 0.351. The number of benzene rings is 1. The fourth-order valence-electron chi connectivity index (χ4n) is 1.80. The smallest absolute Gasteiger partial charge is 0.124 e. The zero-order chi connectivity index (χ0) is 15.2. The molecule has 0 fully saturated rings. The average Bonchev–Trinajstić information content (AvgIpc) is 2.91. The van der Waals surface area contributed by atoms with Gasteiger partial charge in [0, 0.05) is 33.7 Å². The van der Waals surface area contributed by atoms with Gasteiger partial charge in [-0.2, -0.15) is 9.47 Å². The predicted molar refractivity (Wildman–Crippen MR) is 94.6 cm³/mol. The van der Waals surface area contributed by atoms with E-state index >= 15 is 0 Å². The molecule has 0 aliphatic heterocycles. The van der Waals surface area contributed by atoms with Crippen LogP contribution in [0.4, 0.5) is 4.39 Å². The third-order valence-corrected chi connectivity index (χ3v) is 4.36. The molecule has 0 atom stereocenters. The van der Waals surface area contributed by atoms with Crippen LogP contribution in [0.1, 0.15) is 12.5 Å². The Morgan fingerprint density at radius 2 is 2.33 bits per heavy atom. The molecule has 0 aliphatic rings. The number of halogens is 2. The van der Waals surface area contributed by atoms with Gasteiger partial charge in [-0.3, -0.25) is 4.99 Å². The van der Waals surface area contributed by atoms with Crippen LogP contribution < -0.4 is 5.84 Å². The first-order chi connectivity index (χ1) is 10.2. The minimum Gasteiger partial charge on any atom is -0.323 e. The number of nitrogens with two attached hydrogens (primary N) is 1. The number of aromatic nitrogens is 1. The van der Waals surface area contributed by atoms with Crippen molar-refractivity contribution in [3.05, 3.63) is 38.5 Å². The standard InChI is InChI=1S/C14H14FIN4S/c1-2-18-7-11(19-17)5-9-8-21-20-14(9)12-4-3-10(15)6-13(12)16/h3-4,6-8H,2,5,17H2,1H3. The van der Waals surface area contributed by atoms with E-state index in [9.17, 15) is 4.39 Å². The van der Waals surface area contributed by atoms with Gasteiger partial charge >= 0.3 is 0 Å².